The van der Waals surface area contributed by atoms with E-state index in [4.69, 9.17) is 5.11 Å². The molecular weight excluding hydrogens is 316 g/mol. The second-order valence-corrected chi connectivity index (χ2v) is 5.72. The third-order valence-corrected chi connectivity index (χ3v) is 4.07. The minimum atomic E-state index is -0.904. The van der Waals surface area contributed by atoms with Crippen LogP contribution in [0.3, 0.4) is 0 Å². The average molecular weight is 336 g/mol. The van der Waals surface area contributed by atoms with Crippen LogP contribution in [0.25, 0.3) is 0 Å². The highest BCUT2D eigenvalue weighted by Gasteiger charge is 2.19. The molecule has 2 N–H and O–H groups in total. The van der Waals surface area contributed by atoms with E-state index in [0.29, 0.717) is 18.6 Å². The number of hydrogen-bond donors (Lipinski definition) is 3. The standard InChI is InChI=1S/C16H20N2O4S/c19-14-10-17(8-4-7-15(20)21)16(22)18(14)13(11-23)9-12-5-2-1-3-6-12/h1-3,5-6,10,13,19,23H,4,7-9,11H2,(H,20,21). The summed E-state index contributed by atoms with van der Waals surface area (Å²) in [4.78, 5) is 23.0. The number of benzene rings is 1. The average Bonchev–Trinajstić information content (AvgIpc) is 2.80. The van der Waals surface area contributed by atoms with Crippen LogP contribution in [0.15, 0.2) is 41.3 Å². The predicted octanol–water partition coefficient (Wildman–Crippen LogP) is 1.93. The first-order chi connectivity index (χ1) is 11.0. The number of carboxylic acid groups (broad SMARTS) is 1. The second-order valence-electron chi connectivity index (χ2n) is 5.36. The van der Waals surface area contributed by atoms with E-state index in [9.17, 15) is 14.7 Å². The Morgan fingerprint density at radius 1 is 1.26 bits per heavy atom. The molecular formula is C16H20N2O4S. The van der Waals surface area contributed by atoms with E-state index in [1.54, 1.807) is 0 Å². The maximum absolute atomic E-state index is 12.4. The number of nitrogens with zero attached hydrogens (tertiary/aromatic N) is 2. The van der Waals surface area contributed by atoms with Gasteiger partial charge in [-0.1, -0.05) is 30.3 Å². The number of carboxylic acids is 1. The zero-order chi connectivity index (χ0) is 16.8. The minimum absolute atomic E-state index is 0.0155. The largest absolute Gasteiger partial charge is 0.493 e. The Morgan fingerprint density at radius 3 is 2.57 bits per heavy atom. The van der Waals surface area contributed by atoms with E-state index in [1.807, 2.05) is 30.3 Å². The van der Waals surface area contributed by atoms with Crippen molar-refractivity contribution >= 4 is 18.6 Å². The number of aryl methyl sites for hydroxylation is 1. The van der Waals surface area contributed by atoms with Crippen LogP contribution in [-0.4, -0.2) is 31.1 Å². The van der Waals surface area contributed by atoms with E-state index >= 15 is 0 Å². The summed E-state index contributed by atoms with van der Waals surface area (Å²) in [5, 5.41) is 18.8. The molecule has 1 heterocycles. The highest BCUT2D eigenvalue weighted by Crippen LogP contribution is 2.20. The minimum Gasteiger partial charge on any atom is -0.493 e. The second kappa shape index (κ2) is 7.92. The summed E-state index contributed by atoms with van der Waals surface area (Å²) in [6.07, 6.45) is 2.25. The molecule has 0 fully saturated rings. The van der Waals surface area contributed by atoms with E-state index in [0.717, 1.165) is 5.56 Å². The van der Waals surface area contributed by atoms with Gasteiger partial charge in [0.25, 0.3) is 0 Å². The molecule has 1 unspecified atom stereocenters. The molecule has 0 aliphatic carbocycles. The lowest BCUT2D eigenvalue weighted by Gasteiger charge is -2.16. The number of hydrogen-bond acceptors (Lipinski definition) is 4. The Balaban J connectivity index is 2.18. The van der Waals surface area contributed by atoms with Crippen LogP contribution in [0, 0.1) is 0 Å². The van der Waals surface area contributed by atoms with Crippen LogP contribution >= 0.6 is 12.6 Å². The Labute approximate surface area is 139 Å². The molecule has 0 aliphatic rings. The van der Waals surface area contributed by atoms with Gasteiger partial charge in [0.1, 0.15) is 0 Å². The molecule has 0 saturated carbocycles. The Bertz CT molecular complexity index is 709. The fraction of sp³-hybridized carbons (Fsp3) is 0.375. The van der Waals surface area contributed by atoms with Crippen molar-refractivity contribution in [2.45, 2.75) is 31.8 Å². The number of aromatic nitrogens is 2. The normalized spacial score (nSPS) is 12.2. The lowest BCUT2D eigenvalue weighted by molar-refractivity contribution is -0.137. The number of carbonyl (C=O) groups is 1. The molecule has 2 aromatic rings. The maximum Gasteiger partial charge on any atom is 0.331 e. The molecule has 1 atom stereocenters. The summed E-state index contributed by atoms with van der Waals surface area (Å²) in [5.74, 6) is -0.624. The van der Waals surface area contributed by atoms with Crippen molar-refractivity contribution in [2.75, 3.05) is 5.75 Å². The molecule has 0 amide bonds. The van der Waals surface area contributed by atoms with Crippen molar-refractivity contribution in [3.8, 4) is 5.88 Å². The van der Waals surface area contributed by atoms with Gasteiger partial charge in [0, 0.05) is 18.7 Å². The van der Waals surface area contributed by atoms with E-state index in [2.05, 4.69) is 12.6 Å². The molecule has 2 rings (SSSR count). The van der Waals surface area contributed by atoms with Crippen molar-refractivity contribution in [3.05, 3.63) is 52.6 Å². The quantitative estimate of drug-likeness (QED) is 0.643. The maximum atomic E-state index is 12.4. The zero-order valence-corrected chi connectivity index (χ0v) is 13.5. The number of rotatable bonds is 8. The van der Waals surface area contributed by atoms with E-state index < -0.39 is 5.97 Å². The molecule has 124 valence electrons. The fourth-order valence-corrected chi connectivity index (χ4v) is 2.81. The highest BCUT2D eigenvalue weighted by molar-refractivity contribution is 7.80. The van der Waals surface area contributed by atoms with Gasteiger partial charge in [-0.25, -0.2) is 4.79 Å². The summed E-state index contributed by atoms with van der Waals surface area (Å²) in [6.45, 7) is 0.260. The molecule has 0 spiro atoms. The highest BCUT2D eigenvalue weighted by atomic mass is 32.1. The van der Waals surface area contributed by atoms with Gasteiger partial charge < -0.3 is 10.2 Å². The topological polar surface area (TPSA) is 84.5 Å². The zero-order valence-electron chi connectivity index (χ0n) is 12.6. The first-order valence-electron chi connectivity index (χ1n) is 7.40. The summed E-state index contributed by atoms with van der Waals surface area (Å²) in [5.41, 5.74) is 0.708. The predicted molar refractivity (Wildman–Crippen MR) is 90.3 cm³/mol. The van der Waals surface area contributed by atoms with Crippen molar-refractivity contribution in [1.82, 2.24) is 9.13 Å². The lowest BCUT2D eigenvalue weighted by Crippen LogP contribution is -2.29. The van der Waals surface area contributed by atoms with E-state index in [-0.39, 0.29) is 30.6 Å². The molecule has 0 radical (unpaired) electrons. The van der Waals surface area contributed by atoms with Crippen molar-refractivity contribution in [1.29, 1.82) is 0 Å². The lowest BCUT2D eigenvalue weighted by atomic mass is 10.1. The van der Waals surface area contributed by atoms with Crippen LogP contribution in [0.4, 0.5) is 0 Å². The fourth-order valence-electron chi connectivity index (χ4n) is 2.52. The van der Waals surface area contributed by atoms with Gasteiger partial charge >= 0.3 is 11.7 Å². The summed E-state index contributed by atoms with van der Waals surface area (Å²) >= 11 is 4.30. The van der Waals surface area contributed by atoms with Crippen LogP contribution in [0.5, 0.6) is 5.88 Å². The monoisotopic (exact) mass is 336 g/mol. The first kappa shape index (κ1) is 17.2. The molecule has 0 saturated heterocycles. The molecule has 7 heteroatoms. The van der Waals surface area contributed by atoms with Crippen molar-refractivity contribution < 1.29 is 15.0 Å². The number of thiol groups is 1. The van der Waals surface area contributed by atoms with Gasteiger partial charge in [0.05, 0.1) is 12.2 Å². The summed E-state index contributed by atoms with van der Waals surface area (Å²) in [6, 6.07) is 9.41. The third kappa shape index (κ3) is 4.41. The SMILES string of the molecule is O=C(O)CCCn1cc(O)n(C(CS)Cc2ccccc2)c1=O. The Hall–Kier alpha value is -2.15. The van der Waals surface area contributed by atoms with Crippen LogP contribution in [-0.2, 0) is 17.8 Å². The number of imidazole rings is 1. The van der Waals surface area contributed by atoms with Gasteiger partial charge in [-0.3, -0.25) is 13.9 Å². The van der Waals surface area contributed by atoms with Gasteiger partial charge in [-0.15, -0.1) is 0 Å². The number of aliphatic carboxylic acids is 1. The van der Waals surface area contributed by atoms with Crippen LogP contribution in [0.1, 0.15) is 24.4 Å². The molecule has 1 aromatic carbocycles. The first-order valence-corrected chi connectivity index (χ1v) is 8.03. The van der Waals surface area contributed by atoms with Crippen molar-refractivity contribution in [2.24, 2.45) is 0 Å². The smallest absolute Gasteiger partial charge is 0.331 e. The number of aromatic hydroxyl groups is 1. The molecule has 1 aromatic heterocycles. The molecule has 23 heavy (non-hydrogen) atoms. The van der Waals surface area contributed by atoms with Gasteiger partial charge in [-0.2, -0.15) is 12.6 Å². The summed E-state index contributed by atoms with van der Waals surface area (Å²) in [7, 11) is 0. The molecule has 0 aliphatic heterocycles. The Kier molecular flexibility index (Phi) is 5.92. The van der Waals surface area contributed by atoms with Crippen molar-refractivity contribution in [3.63, 3.8) is 0 Å². The van der Waals surface area contributed by atoms with Gasteiger partial charge in [-0.05, 0) is 18.4 Å². The van der Waals surface area contributed by atoms with Gasteiger partial charge in [0.15, 0.2) is 0 Å². The van der Waals surface area contributed by atoms with Crippen LogP contribution < -0.4 is 5.69 Å². The molecule has 6 nitrogen and oxygen atoms in total. The molecule has 0 bridgehead atoms. The summed E-state index contributed by atoms with van der Waals surface area (Å²) < 4.78 is 2.67. The van der Waals surface area contributed by atoms with Crippen LogP contribution in [0.2, 0.25) is 0 Å². The Morgan fingerprint density at radius 2 is 1.96 bits per heavy atom. The third-order valence-electron chi connectivity index (χ3n) is 3.65. The van der Waals surface area contributed by atoms with E-state index in [1.165, 1.54) is 15.3 Å². The van der Waals surface area contributed by atoms with Gasteiger partial charge in [0.2, 0.25) is 5.88 Å².